The van der Waals surface area contributed by atoms with Crippen LogP contribution in [0.5, 0.6) is 0 Å². The molecule has 22 heavy (non-hydrogen) atoms. The van der Waals surface area contributed by atoms with Crippen molar-refractivity contribution in [3.8, 4) is 0 Å². The maximum Gasteiger partial charge on any atom is 0.274 e. The molecule has 1 unspecified atom stereocenters. The number of nitrogens with zero attached hydrogens (tertiary/aromatic N) is 3. The fourth-order valence-electron chi connectivity index (χ4n) is 3.85. The van der Waals surface area contributed by atoms with E-state index in [0.717, 1.165) is 32.4 Å². The van der Waals surface area contributed by atoms with Gasteiger partial charge in [0.25, 0.3) is 5.91 Å². The Morgan fingerprint density at radius 3 is 2.73 bits per heavy atom. The highest BCUT2D eigenvalue weighted by Gasteiger charge is 2.30. The van der Waals surface area contributed by atoms with E-state index >= 15 is 0 Å². The van der Waals surface area contributed by atoms with Gasteiger partial charge in [0, 0.05) is 24.8 Å². The normalized spacial score (nSPS) is 23.1. The van der Waals surface area contributed by atoms with Gasteiger partial charge in [0.15, 0.2) is 0 Å². The summed E-state index contributed by atoms with van der Waals surface area (Å²) >= 11 is 0. The van der Waals surface area contributed by atoms with Crippen molar-refractivity contribution >= 4 is 5.91 Å². The first-order chi connectivity index (χ1) is 10.7. The molecule has 2 heterocycles. The summed E-state index contributed by atoms with van der Waals surface area (Å²) in [6.45, 7) is 6.26. The number of piperidine rings is 1. The van der Waals surface area contributed by atoms with Crippen molar-refractivity contribution in [3.05, 3.63) is 18.0 Å². The molecule has 0 radical (unpaired) electrons. The molecule has 1 N–H and O–H groups in total. The predicted octanol–water partition coefficient (Wildman–Crippen LogP) is 2.60. The summed E-state index contributed by atoms with van der Waals surface area (Å²) < 4.78 is 1.98. The quantitative estimate of drug-likeness (QED) is 0.930. The summed E-state index contributed by atoms with van der Waals surface area (Å²) in [6, 6.07) is 2.90. The van der Waals surface area contributed by atoms with Gasteiger partial charge in [-0.15, -0.1) is 0 Å². The third-order valence-electron chi connectivity index (χ3n) is 4.98. The molecular formula is C17H28N4O. The van der Waals surface area contributed by atoms with E-state index < -0.39 is 0 Å². The molecule has 2 fully saturated rings. The Morgan fingerprint density at radius 1 is 1.32 bits per heavy atom. The number of rotatable bonds is 4. The molecule has 1 amide bonds. The van der Waals surface area contributed by atoms with Crippen molar-refractivity contribution in [2.75, 3.05) is 13.1 Å². The second-order valence-corrected chi connectivity index (χ2v) is 6.93. The minimum Gasteiger partial charge on any atom is -0.332 e. The molecule has 1 atom stereocenters. The Morgan fingerprint density at radius 2 is 2.09 bits per heavy atom. The molecule has 5 heteroatoms. The van der Waals surface area contributed by atoms with Crippen LogP contribution in [0.2, 0.25) is 0 Å². The first-order valence-electron chi connectivity index (χ1n) is 8.75. The average molecular weight is 304 g/mol. The van der Waals surface area contributed by atoms with Crippen LogP contribution in [0.1, 0.15) is 68.9 Å². The number of hydrogen-bond acceptors (Lipinski definition) is 3. The van der Waals surface area contributed by atoms with Gasteiger partial charge in [-0.3, -0.25) is 9.48 Å². The van der Waals surface area contributed by atoms with E-state index in [9.17, 15) is 4.79 Å². The minimum absolute atomic E-state index is 0.101. The number of nitrogens with one attached hydrogen (secondary N) is 1. The Hall–Kier alpha value is -1.36. The van der Waals surface area contributed by atoms with E-state index in [0.29, 0.717) is 17.8 Å². The molecule has 0 bridgehead atoms. The summed E-state index contributed by atoms with van der Waals surface area (Å²) in [5.41, 5.74) is 0.603. The van der Waals surface area contributed by atoms with Crippen LogP contribution in [0.15, 0.2) is 12.3 Å². The first-order valence-corrected chi connectivity index (χ1v) is 8.75. The van der Waals surface area contributed by atoms with Crippen LogP contribution in [0.3, 0.4) is 0 Å². The highest BCUT2D eigenvalue weighted by molar-refractivity contribution is 5.92. The Balaban J connectivity index is 1.74. The third-order valence-corrected chi connectivity index (χ3v) is 4.98. The smallest absolute Gasteiger partial charge is 0.274 e. The molecule has 122 valence electrons. The fourth-order valence-corrected chi connectivity index (χ4v) is 3.85. The number of carbonyl (C=O) groups excluding carboxylic acids is 1. The molecule has 1 saturated carbocycles. The van der Waals surface area contributed by atoms with E-state index in [2.05, 4.69) is 29.2 Å². The van der Waals surface area contributed by atoms with Gasteiger partial charge in [-0.1, -0.05) is 12.8 Å². The predicted molar refractivity (Wildman–Crippen MR) is 86.9 cm³/mol. The van der Waals surface area contributed by atoms with Crippen LogP contribution in [0.4, 0.5) is 0 Å². The first kappa shape index (κ1) is 15.5. The SMILES string of the molecule is CC(C)N(C(=O)c1ccn(C2CCCNC2)n1)C1CCCC1. The highest BCUT2D eigenvalue weighted by Crippen LogP contribution is 2.26. The van der Waals surface area contributed by atoms with Gasteiger partial charge >= 0.3 is 0 Å². The van der Waals surface area contributed by atoms with Crippen LogP contribution in [-0.4, -0.2) is 45.8 Å². The van der Waals surface area contributed by atoms with Gasteiger partial charge < -0.3 is 10.2 Å². The second kappa shape index (κ2) is 6.82. The maximum atomic E-state index is 12.9. The van der Waals surface area contributed by atoms with Crippen molar-refractivity contribution in [1.29, 1.82) is 0 Å². The van der Waals surface area contributed by atoms with E-state index in [-0.39, 0.29) is 11.9 Å². The molecule has 5 nitrogen and oxygen atoms in total. The zero-order valence-corrected chi connectivity index (χ0v) is 13.8. The van der Waals surface area contributed by atoms with Crippen molar-refractivity contribution in [3.63, 3.8) is 0 Å². The van der Waals surface area contributed by atoms with Crippen molar-refractivity contribution in [2.45, 2.75) is 70.5 Å². The molecule has 1 saturated heterocycles. The maximum absolute atomic E-state index is 12.9. The molecule has 1 aliphatic heterocycles. The Bertz CT molecular complexity index is 499. The van der Waals surface area contributed by atoms with Crippen LogP contribution in [-0.2, 0) is 0 Å². The van der Waals surface area contributed by atoms with Crippen molar-refractivity contribution in [2.24, 2.45) is 0 Å². The minimum atomic E-state index is 0.101. The van der Waals surface area contributed by atoms with Crippen molar-refractivity contribution in [1.82, 2.24) is 20.0 Å². The summed E-state index contributed by atoms with van der Waals surface area (Å²) in [6.07, 6.45) is 9.03. The molecule has 1 aromatic rings. The Kier molecular flexibility index (Phi) is 4.81. The van der Waals surface area contributed by atoms with E-state index in [1.165, 1.54) is 19.3 Å². The van der Waals surface area contributed by atoms with E-state index in [4.69, 9.17) is 0 Å². The van der Waals surface area contributed by atoms with E-state index in [1.54, 1.807) is 0 Å². The second-order valence-electron chi connectivity index (χ2n) is 6.93. The molecule has 1 aromatic heterocycles. The van der Waals surface area contributed by atoms with Gasteiger partial charge in [0.05, 0.1) is 6.04 Å². The lowest BCUT2D eigenvalue weighted by Gasteiger charge is -2.32. The van der Waals surface area contributed by atoms with Gasteiger partial charge in [-0.05, 0) is 52.1 Å². The summed E-state index contributed by atoms with van der Waals surface area (Å²) in [4.78, 5) is 15.0. The molecule has 3 rings (SSSR count). The monoisotopic (exact) mass is 304 g/mol. The Labute approximate surface area is 133 Å². The lowest BCUT2D eigenvalue weighted by molar-refractivity contribution is 0.0605. The average Bonchev–Trinajstić information content (AvgIpc) is 3.19. The number of aromatic nitrogens is 2. The fraction of sp³-hybridized carbons (Fsp3) is 0.765. The lowest BCUT2D eigenvalue weighted by atomic mass is 10.1. The largest absolute Gasteiger partial charge is 0.332 e. The highest BCUT2D eigenvalue weighted by atomic mass is 16.2. The zero-order valence-electron chi connectivity index (χ0n) is 13.8. The lowest BCUT2D eigenvalue weighted by Crippen LogP contribution is -2.44. The summed E-state index contributed by atoms with van der Waals surface area (Å²) in [5, 5.41) is 8.00. The standard InChI is InChI=1S/C17H28N4O/c1-13(2)21(14-6-3-4-7-14)17(22)16-9-11-20(19-16)15-8-5-10-18-12-15/h9,11,13-15,18H,3-8,10,12H2,1-2H3. The molecule has 0 spiro atoms. The van der Waals surface area contributed by atoms with Crippen LogP contribution in [0.25, 0.3) is 0 Å². The molecule has 1 aliphatic carbocycles. The van der Waals surface area contributed by atoms with Crippen molar-refractivity contribution < 1.29 is 4.79 Å². The molecule has 2 aliphatic rings. The molecular weight excluding hydrogens is 276 g/mol. The summed E-state index contributed by atoms with van der Waals surface area (Å²) in [5.74, 6) is 0.101. The summed E-state index contributed by atoms with van der Waals surface area (Å²) in [7, 11) is 0. The van der Waals surface area contributed by atoms with Crippen LogP contribution >= 0.6 is 0 Å². The molecule has 0 aromatic carbocycles. The topological polar surface area (TPSA) is 50.2 Å². The third kappa shape index (κ3) is 3.19. The van der Waals surface area contributed by atoms with E-state index in [1.807, 2.05) is 16.9 Å². The van der Waals surface area contributed by atoms with Gasteiger partial charge in [-0.25, -0.2) is 0 Å². The van der Waals surface area contributed by atoms with Gasteiger partial charge in [0.1, 0.15) is 5.69 Å². The van der Waals surface area contributed by atoms with Crippen LogP contribution < -0.4 is 5.32 Å². The van der Waals surface area contributed by atoms with Gasteiger partial charge in [0.2, 0.25) is 0 Å². The number of hydrogen-bond donors (Lipinski definition) is 1. The van der Waals surface area contributed by atoms with Gasteiger partial charge in [-0.2, -0.15) is 5.10 Å². The number of amides is 1. The number of carbonyl (C=O) groups is 1. The van der Waals surface area contributed by atoms with Crippen LogP contribution in [0, 0.1) is 0 Å². The zero-order chi connectivity index (χ0) is 15.5.